The number of carbonyl (C=O) groups excluding carboxylic acids is 1. The maximum Gasteiger partial charge on any atom is 0.249 e. The average Bonchev–Trinajstić information content (AvgIpc) is 2.84. The van der Waals surface area contributed by atoms with Gasteiger partial charge in [-0.15, -0.1) is 0 Å². The fraction of sp³-hybridized carbons (Fsp3) is 0.897. The maximum atomic E-state index is 12.3. The Bertz CT molecular complexity index is 469. The fourth-order valence-electron chi connectivity index (χ4n) is 4.23. The van der Waals surface area contributed by atoms with Gasteiger partial charge in [0.1, 0.15) is 6.10 Å². The largest absolute Gasteiger partial charge is 0.394 e. The molecule has 0 saturated carbocycles. The quantitative estimate of drug-likeness (QED) is 0.0871. The van der Waals surface area contributed by atoms with Gasteiger partial charge in [-0.2, -0.15) is 0 Å². The summed E-state index contributed by atoms with van der Waals surface area (Å²) in [6.07, 6.45) is 24.7. The Morgan fingerprint density at radius 2 is 1.15 bits per heavy atom. The summed E-state index contributed by atoms with van der Waals surface area (Å²) in [4.78, 5) is 12.3. The molecule has 0 radical (unpaired) electrons. The standard InChI is InChI=1S/C29H57NO4/c1-3-5-7-9-11-13-15-17-19-21-23-27(32)26(25-31)30-29(34)28(33)24-22-20-18-16-14-12-10-8-6-4-2/h10,12,26-28,31-33H,3-9,11,13-25H2,1-2H3,(H,30,34)/b12-10-. The molecular formula is C29H57NO4. The zero-order valence-corrected chi connectivity index (χ0v) is 22.5. The van der Waals surface area contributed by atoms with E-state index < -0.39 is 24.2 Å². The van der Waals surface area contributed by atoms with Crippen molar-refractivity contribution in [2.24, 2.45) is 0 Å². The van der Waals surface area contributed by atoms with Crippen LogP contribution in [0.1, 0.15) is 142 Å². The number of rotatable bonds is 25. The first-order valence-corrected chi connectivity index (χ1v) is 14.5. The van der Waals surface area contributed by atoms with Gasteiger partial charge in [0.15, 0.2) is 0 Å². The summed E-state index contributed by atoms with van der Waals surface area (Å²) in [5.74, 6) is -0.486. The second-order valence-corrected chi connectivity index (χ2v) is 9.96. The molecule has 0 heterocycles. The minimum atomic E-state index is -1.08. The van der Waals surface area contributed by atoms with E-state index >= 15 is 0 Å². The third kappa shape index (κ3) is 20.5. The Morgan fingerprint density at radius 3 is 1.71 bits per heavy atom. The maximum absolute atomic E-state index is 12.3. The Hall–Kier alpha value is -0.910. The molecule has 0 aliphatic rings. The van der Waals surface area contributed by atoms with Gasteiger partial charge in [0.25, 0.3) is 0 Å². The number of hydrogen-bond acceptors (Lipinski definition) is 4. The highest BCUT2D eigenvalue weighted by atomic mass is 16.3. The molecule has 0 spiro atoms. The lowest BCUT2D eigenvalue weighted by molar-refractivity contribution is -0.131. The first kappa shape index (κ1) is 33.1. The van der Waals surface area contributed by atoms with Crippen LogP contribution >= 0.6 is 0 Å². The van der Waals surface area contributed by atoms with Crippen LogP contribution in [0.15, 0.2) is 12.2 Å². The number of unbranched alkanes of at least 4 members (excludes halogenated alkanes) is 15. The van der Waals surface area contributed by atoms with E-state index in [-0.39, 0.29) is 6.61 Å². The summed E-state index contributed by atoms with van der Waals surface area (Å²) < 4.78 is 0. The van der Waals surface area contributed by atoms with Crippen molar-refractivity contribution < 1.29 is 20.1 Å². The highest BCUT2D eigenvalue weighted by molar-refractivity contribution is 5.80. The van der Waals surface area contributed by atoms with Gasteiger partial charge in [-0.05, 0) is 32.1 Å². The van der Waals surface area contributed by atoms with Gasteiger partial charge >= 0.3 is 0 Å². The van der Waals surface area contributed by atoms with Crippen molar-refractivity contribution in [2.75, 3.05) is 6.61 Å². The molecule has 0 bridgehead atoms. The first-order valence-electron chi connectivity index (χ1n) is 14.5. The number of amides is 1. The van der Waals surface area contributed by atoms with Crippen molar-refractivity contribution in [1.82, 2.24) is 5.32 Å². The van der Waals surface area contributed by atoms with E-state index in [9.17, 15) is 20.1 Å². The van der Waals surface area contributed by atoms with Crippen LogP contribution in [0.2, 0.25) is 0 Å². The van der Waals surface area contributed by atoms with E-state index in [4.69, 9.17) is 0 Å². The van der Waals surface area contributed by atoms with Gasteiger partial charge in [-0.25, -0.2) is 0 Å². The van der Waals surface area contributed by atoms with Crippen LogP contribution in [0.25, 0.3) is 0 Å². The summed E-state index contributed by atoms with van der Waals surface area (Å²) in [6, 6.07) is -0.708. The predicted octanol–water partition coefficient (Wildman–Crippen LogP) is 6.58. The van der Waals surface area contributed by atoms with Crippen molar-refractivity contribution in [3.63, 3.8) is 0 Å². The van der Waals surface area contributed by atoms with Crippen molar-refractivity contribution in [1.29, 1.82) is 0 Å². The lowest BCUT2D eigenvalue weighted by Crippen LogP contribution is -2.49. The molecule has 0 saturated heterocycles. The van der Waals surface area contributed by atoms with Crippen molar-refractivity contribution in [3.8, 4) is 0 Å². The SMILES string of the molecule is CCCC/C=C\CCCCCCC(O)C(=O)NC(CO)C(O)CCCCCCCCCCCC. The number of aliphatic hydroxyl groups excluding tert-OH is 3. The zero-order chi connectivity index (χ0) is 25.3. The molecule has 0 aliphatic heterocycles. The fourth-order valence-corrected chi connectivity index (χ4v) is 4.23. The van der Waals surface area contributed by atoms with Crippen LogP contribution in [-0.4, -0.2) is 46.1 Å². The molecule has 202 valence electrons. The predicted molar refractivity (Wildman–Crippen MR) is 144 cm³/mol. The molecule has 0 aliphatic carbocycles. The van der Waals surface area contributed by atoms with Gasteiger partial charge in [0.2, 0.25) is 5.91 Å². The summed E-state index contributed by atoms with van der Waals surface area (Å²) in [7, 11) is 0. The minimum Gasteiger partial charge on any atom is -0.394 e. The molecule has 0 aromatic rings. The van der Waals surface area contributed by atoms with Crippen molar-refractivity contribution in [3.05, 3.63) is 12.2 Å². The molecule has 0 rings (SSSR count). The summed E-state index contributed by atoms with van der Waals surface area (Å²) >= 11 is 0. The summed E-state index contributed by atoms with van der Waals surface area (Å²) in [5.41, 5.74) is 0. The molecule has 0 fully saturated rings. The topological polar surface area (TPSA) is 89.8 Å². The molecule has 3 atom stereocenters. The van der Waals surface area contributed by atoms with E-state index in [2.05, 4.69) is 31.3 Å². The lowest BCUT2D eigenvalue weighted by Gasteiger charge is -2.23. The van der Waals surface area contributed by atoms with Gasteiger partial charge in [0, 0.05) is 0 Å². The van der Waals surface area contributed by atoms with Gasteiger partial charge in [-0.1, -0.05) is 122 Å². The number of aliphatic hydroxyl groups is 3. The van der Waals surface area contributed by atoms with Gasteiger partial charge in [-0.3, -0.25) is 4.79 Å². The number of hydrogen-bond donors (Lipinski definition) is 4. The Balaban J connectivity index is 3.81. The van der Waals surface area contributed by atoms with Crippen LogP contribution in [0.3, 0.4) is 0 Å². The molecule has 3 unspecified atom stereocenters. The van der Waals surface area contributed by atoms with Crippen LogP contribution in [0.4, 0.5) is 0 Å². The summed E-state index contributed by atoms with van der Waals surface area (Å²) in [5, 5.41) is 32.7. The van der Waals surface area contributed by atoms with Crippen molar-refractivity contribution in [2.45, 2.75) is 161 Å². The van der Waals surface area contributed by atoms with Gasteiger partial charge in [0.05, 0.1) is 18.8 Å². The number of allylic oxidation sites excluding steroid dienone is 2. The van der Waals surface area contributed by atoms with E-state index in [0.29, 0.717) is 12.8 Å². The second-order valence-electron chi connectivity index (χ2n) is 9.96. The highest BCUT2D eigenvalue weighted by Crippen LogP contribution is 2.14. The molecule has 5 nitrogen and oxygen atoms in total. The Labute approximate surface area is 210 Å². The molecule has 0 aromatic heterocycles. The third-order valence-electron chi connectivity index (χ3n) is 6.63. The average molecular weight is 484 g/mol. The van der Waals surface area contributed by atoms with Crippen LogP contribution in [0, 0.1) is 0 Å². The third-order valence-corrected chi connectivity index (χ3v) is 6.63. The van der Waals surface area contributed by atoms with E-state index in [1.165, 1.54) is 70.6 Å². The van der Waals surface area contributed by atoms with E-state index in [0.717, 1.165) is 44.9 Å². The lowest BCUT2D eigenvalue weighted by atomic mass is 10.0. The van der Waals surface area contributed by atoms with Crippen LogP contribution in [-0.2, 0) is 4.79 Å². The number of nitrogens with one attached hydrogen (secondary N) is 1. The second kappa shape index (κ2) is 25.2. The molecule has 4 N–H and O–H groups in total. The Kier molecular flexibility index (Phi) is 24.5. The smallest absolute Gasteiger partial charge is 0.249 e. The van der Waals surface area contributed by atoms with Crippen LogP contribution in [0.5, 0.6) is 0 Å². The first-order chi connectivity index (χ1) is 16.6. The van der Waals surface area contributed by atoms with Crippen molar-refractivity contribution >= 4 is 5.91 Å². The molecular weight excluding hydrogens is 426 g/mol. The Morgan fingerprint density at radius 1 is 0.676 bits per heavy atom. The van der Waals surface area contributed by atoms with E-state index in [1.807, 2.05) is 0 Å². The number of carbonyl (C=O) groups is 1. The van der Waals surface area contributed by atoms with Crippen LogP contribution < -0.4 is 5.32 Å². The summed E-state index contributed by atoms with van der Waals surface area (Å²) in [6.45, 7) is 4.12. The van der Waals surface area contributed by atoms with E-state index in [1.54, 1.807) is 0 Å². The molecule has 5 heteroatoms. The molecule has 1 amide bonds. The van der Waals surface area contributed by atoms with Gasteiger partial charge < -0.3 is 20.6 Å². The molecule has 34 heavy (non-hydrogen) atoms. The minimum absolute atomic E-state index is 0.316. The molecule has 0 aromatic carbocycles. The highest BCUT2D eigenvalue weighted by Gasteiger charge is 2.23. The normalized spacial score (nSPS) is 14.4. The monoisotopic (exact) mass is 483 g/mol. The zero-order valence-electron chi connectivity index (χ0n) is 22.5.